The van der Waals surface area contributed by atoms with Crippen molar-refractivity contribution in [1.82, 2.24) is 0 Å². The van der Waals surface area contributed by atoms with Crippen molar-refractivity contribution >= 4 is 0 Å². The molecule has 1 saturated heterocycles. The van der Waals surface area contributed by atoms with Crippen molar-refractivity contribution in [3.8, 4) is 0 Å². The van der Waals surface area contributed by atoms with E-state index in [1.807, 2.05) is 50.2 Å². The summed E-state index contributed by atoms with van der Waals surface area (Å²) in [5.41, 5.74) is 2.33. The molecular formula is C22H28O4. The number of ether oxygens (including phenoxy) is 4. The van der Waals surface area contributed by atoms with Crippen molar-refractivity contribution in [1.29, 1.82) is 0 Å². The highest BCUT2D eigenvalue weighted by atomic mass is 16.7. The fourth-order valence-electron chi connectivity index (χ4n) is 3.00. The van der Waals surface area contributed by atoms with E-state index >= 15 is 0 Å². The van der Waals surface area contributed by atoms with Gasteiger partial charge in [-0.05, 0) is 25.0 Å². The van der Waals surface area contributed by atoms with Gasteiger partial charge < -0.3 is 18.9 Å². The Balaban J connectivity index is 1.49. The van der Waals surface area contributed by atoms with Gasteiger partial charge in [0.25, 0.3) is 0 Å². The quantitative estimate of drug-likeness (QED) is 0.711. The zero-order valence-corrected chi connectivity index (χ0v) is 15.6. The van der Waals surface area contributed by atoms with Gasteiger partial charge in [0.1, 0.15) is 0 Å². The normalized spacial score (nSPS) is 22.2. The number of hydrogen-bond acceptors (Lipinski definition) is 4. The van der Waals surface area contributed by atoms with Crippen LogP contribution in [-0.4, -0.2) is 31.7 Å². The molecule has 2 atom stereocenters. The van der Waals surface area contributed by atoms with Gasteiger partial charge in [0.2, 0.25) is 0 Å². The van der Waals surface area contributed by atoms with Crippen molar-refractivity contribution in [3.05, 3.63) is 71.8 Å². The van der Waals surface area contributed by atoms with E-state index in [9.17, 15) is 0 Å². The van der Waals surface area contributed by atoms with E-state index < -0.39 is 5.79 Å². The highest BCUT2D eigenvalue weighted by Crippen LogP contribution is 2.27. The van der Waals surface area contributed by atoms with E-state index in [0.29, 0.717) is 33.0 Å². The summed E-state index contributed by atoms with van der Waals surface area (Å²) in [5.74, 6) is -0.432. The Bertz CT molecular complexity index is 642. The summed E-state index contributed by atoms with van der Waals surface area (Å²) in [6.45, 7) is 6.79. The molecule has 1 aliphatic heterocycles. The molecule has 140 valence electrons. The number of hydrogen-bond donors (Lipinski definition) is 0. The van der Waals surface area contributed by atoms with E-state index in [2.05, 4.69) is 24.3 Å². The van der Waals surface area contributed by atoms with Crippen LogP contribution in [0.3, 0.4) is 0 Å². The van der Waals surface area contributed by atoms with E-state index in [1.54, 1.807) is 0 Å². The van der Waals surface area contributed by atoms with Gasteiger partial charge in [-0.2, -0.15) is 0 Å². The monoisotopic (exact) mass is 356 g/mol. The highest BCUT2D eigenvalue weighted by molar-refractivity contribution is 5.14. The minimum atomic E-state index is -0.587. The Kier molecular flexibility index (Phi) is 6.80. The predicted molar refractivity (Wildman–Crippen MR) is 101 cm³/mol. The maximum atomic E-state index is 6.10. The van der Waals surface area contributed by atoms with Gasteiger partial charge in [-0.3, -0.25) is 0 Å². The SMILES string of the molecule is CC1(C)OC[C@H](COCc2ccccc2)[C@@H](COCc2ccccc2)O1. The first kappa shape index (κ1) is 19.1. The van der Waals surface area contributed by atoms with Gasteiger partial charge in [0, 0.05) is 5.92 Å². The lowest BCUT2D eigenvalue weighted by molar-refractivity contribution is -0.304. The second kappa shape index (κ2) is 9.28. The minimum absolute atomic E-state index is 0.0433. The predicted octanol–water partition coefficient (Wildman–Crippen LogP) is 4.19. The summed E-state index contributed by atoms with van der Waals surface area (Å²) in [6, 6.07) is 20.4. The standard InChI is InChI=1S/C22H28O4/c1-22(2)25-16-20(15-23-13-18-9-5-3-6-10-18)21(26-22)17-24-14-19-11-7-4-8-12-19/h3-12,20-21H,13-17H2,1-2H3/t20-,21+/m0/s1. The fourth-order valence-corrected chi connectivity index (χ4v) is 3.00. The third-order valence-corrected chi connectivity index (χ3v) is 4.44. The van der Waals surface area contributed by atoms with E-state index in [0.717, 1.165) is 5.56 Å². The Hall–Kier alpha value is -1.72. The third kappa shape index (κ3) is 5.92. The first-order valence-electron chi connectivity index (χ1n) is 9.17. The van der Waals surface area contributed by atoms with Crippen LogP contribution in [0.25, 0.3) is 0 Å². The molecule has 0 amide bonds. The molecule has 0 aliphatic carbocycles. The van der Waals surface area contributed by atoms with Crippen LogP contribution in [0.4, 0.5) is 0 Å². The smallest absolute Gasteiger partial charge is 0.163 e. The Morgan fingerprint density at radius 1 is 0.846 bits per heavy atom. The molecule has 0 bridgehead atoms. The van der Waals surface area contributed by atoms with Crippen LogP contribution in [0, 0.1) is 5.92 Å². The molecule has 4 heteroatoms. The zero-order valence-electron chi connectivity index (χ0n) is 15.6. The molecule has 0 spiro atoms. The van der Waals surface area contributed by atoms with Crippen LogP contribution in [0.2, 0.25) is 0 Å². The van der Waals surface area contributed by atoms with Crippen LogP contribution in [0.1, 0.15) is 25.0 Å². The molecule has 1 fully saturated rings. The third-order valence-electron chi connectivity index (χ3n) is 4.44. The van der Waals surface area contributed by atoms with E-state index in [1.165, 1.54) is 5.56 Å². The maximum Gasteiger partial charge on any atom is 0.163 e. The lowest BCUT2D eigenvalue weighted by Crippen LogP contribution is -2.49. The molecule has 1 heterocycles. The maximum absolute atomic E-state index is 6.10. The van der Waals surface area contributed by atoms with Crippen molar-refractivity contribution in [3.63, 3.8) is 0 Å². The van der Waals surface area contributed by atoms with Crippen LogP contribution in [0.5, 0.6) is 0 Å². The lowest BCUT2D eigenvalue weighted by atomic mass is 10.0. The average molecular weight is 356 g/mol. The van der Waals surface area contributed by atoms with E-state index in [-0.39, 0.29) is 12.0 Å². The van der Waals surface area contributed by atoms with Crippen molar-refractivity contribution < 1.29 is 18.9 Å². The summed E-state index contributed by atoms with van der Waals surface area (Å²) in [7, 11) is 0. The molecule has 1 aliphatic rings. The Labute approximate surface area is 156 Å². The van der Waals surface area contributed by atoms with Crippen molar-refractivity contribution in [2.24, 2.45) is 5.92 Å². The van der Waals surface area contributed by atoms with Gasteiger partial charge in [0.05, 0.1) is 39.1 Å². The van der Waals surface area contributed by atoms with Gasteiger partial charge in [-0.15, -0.1) is 0 Å². The molecule has 2 aromatic rings. The van der Waals surface area contributed by atoms with E-state index in [4.69, 9.17) is 18.9 Å². The van der Waals surface area contributed by atoms with Crippen LogP contribution < -0.4 is 0 Å². The number of rotatable bonds is 8. The molecule has 2 aromatic carbocycles. The molecule has 4 nitrogen and oxygen atoms in total. The summed E-state index contributed by atoms with van der Waals surface area (Å²) in [5, 5.41) is 0. The molecule has 26 heavy (non-hydrogen) atoms. The van der Waals surface area contributed by atoms with Crippen molar-refractivity contribution in [2.45, 2.75) is 39.0 Å². The summed E-state index contributed by atoms with van der Waals surface area (Å²) >= 11 is 0. The second-order valence-corrected chi connectivity index (χ2v) is 7.13. The van der Waals surface area contributed by atoms with Crippen LogP contribution in [0.15, 0.2) is 60.7 Å². The molecule has 0 radical (unpaired) electrons. The molecule has 3 rings (SSSR count). The zero-order chi connectivity index (χ0) is 18.2. The fraction of sp³-hybridized carbons (Fsp3) is 0.455. The first-order chi connectivity index (χ1) is 12.6. The summed E-state index contributed by atoms with van der Waals surface area (Å²) < 4.78 is 23.7. The largest absolute Gasteiger partial charge is 0.376 e. The Morgan fingerprint density at radius 3 is 1.96 bits per heavy atom. The molecular weight excluding hydrogens is 328 g/mol. The second-order valence-electron chi connectivity index (χ2n) is 7.13. The van der Waals surface area contributed by atoms with Gasteiger partial charge in [-0.25, -0.2) is 0 Å². The van der Waals surface area contributed by atoms with Crippen molar-refractivity contribution in [2.75, 3.05) is 19.8 Å². The lowest BCUT2D eigenvalue weighted by Gasteiger charge is -2.40. The summed E-state index contributed by atoms with van der Waals surface area (Å²) in [6.07, 6.45) is -0.0433. The van der Waals surface area contributed by atoms with Gasteiger partial charge in [0.15, 0.2) is 5.79 Å². The summed E-state index contributed by atoms with van der Waals surface area (Å²) in [4.78, 5) is 0. The minimum Gasteiger partial charge on any atom is -0.376 e. The molecule has 0 unspecified atom stereocenters. The first-order valence-corrected chi connectivity index (χ1v) is 9.17. The molecule has 0 aromatic heterocycles. The average Bonchev–Trinajstić information content (AvgIpc) is 2.65. The highest BCUT2D eigenvalue weighted by Gasteiger charge is 2.36. The van der Waals surface area contributed by atoms with Crippen LogP contribution in [-0.2, 0) is 32.2 Å². The topological polar surface area (TPSA) is 36.9 Å². The number of benzene rings is 2. The van der Waals surface area contributed by atoms with Gasteiger partial charge >= 0.3 is 0 Å². The van der Waals surface area contributed by atoms with Crippen LogP contribution >= 0.6 is 0 Å². The van der Waals surface area contributed by atoms with Gasteiger partial charge in [-0.1, -0.05) is 60.7 Å². The molecule has 0 saturated carbocycles. The molecule has 0 N–H and O–H groups in total. The Morgan fingerprint density at radius 2 is 1.38 bits per heavy atom.